The summed E-state index contributed by atoms with van der Waals surface area (Å²) in [6.07, 6.45) is 12.3. The lowest BCUT2D eigenvalue weighted by atomic mass is 9.81. The van der Waals surface area contributed by atoms with E-state index in [1.54, 1.807) is 6.07 Å². The average molecular weight is 358 g/mol. The van der Waals surface area contributed by atoms with Gasteiger partial charge in [0.2, 0.25) is 0 Å². The fraction of sp³-hybridized carbons (Fsp3) is 0.304. The number of rotatable bonds is 2. The van der Waals surface area contributed by atoms with Crippen LogP contribution in [0.1, 0.15) is 59.6 Å². The number of fused-ring (bicyclic) bond motifs is 5. The van der Waals surface area contributed by atoms with Crippen LogP contribution in [0.4, 0.5) is 0 Å². The Morgan fingerprint density at radius 3 is 2.81 bits per heavy atom. The summed E-state index contributed by atoms with van der Waals surface area (Å²) in [6.45, 7) is 0.734. The molecule has 1 aromatic carbocycles. The number of hydrogen-bond acceptors (Lipinski definition) is 2. The molecule has 27 heavy (non-hydrogen) atoms. The number of hydrogen-bond donors (Lipinski definition) is 1. The lowest BCUT2D eigenvalue weighted by Crippen LogP contribution is -2.07. The van der Waals surface area contributed by atoms with Gasteiger partial charge in [-0.3, -0.25) is 4.98 Å². The molecule has 5 rings (SSSR count). The number of allylic oxidation sites excluding steroid dienone is 1. The Hall–Kier alpha value is -2.88. The largest absolute Gasteiger partial charge is 0.478 e. The molecule has 2 aliphatic rings. The van der Waals surface area contributed by atoms with Crippen molar-refractivity contribution in [1.82, 2.24) is 9.55 Å². The summed E-state index contributed by atoms with van der Waals surface area (Å²) >= 11 is 0. The molecular weight excluding hydrogens is 336 g/mol. The van der Waals surface area contributed by atoms with Gasteiger partial charge < -0.3 is 9.67 Å². The number of carboxylic acids is 1. The molecule has 1 saturated carbocycles. The van der Waals surface area contributed by atoms with Crippen molar-refractivity contribution >= 4 is 22.9 Å². The molecule has 1 N–H and O–H groups in total. The molecule has 3 heterocycles. The summed E-state index contributed by atoms with van der Waals surface area (Å²) in [5, 5.41) is 10.7. The van der Waals surface area contributed by atoms with E-state index < -0.39 is 5.97 Å². The molecule has 0 unspecified atom stereocenters. The fourth-order valence-corrected chi connectivity index (χ4v) is 4.81. The number of nitrogens with zero attached hydrogens (tertiary/aromatic N) is 2. The van der Waals surface area contributed by atoms with Gasteiger partial charge in [0.25, 0.3) is 0 Å². The van der Waals surface area contributed by atoms with Gasteiger partial charge in [0.15, 0.2) is 0 Å². The SMILES string of the molecule is O=C(O)c1ccc2c(C3CCCCC3)c3n(c2c1)CC=Cc1ncccc1-3. The van der Waals surface area contributed by atoms with Crippen molar-refractivity contribution in [2.24, 2.45) is 0 Å². The number of carboxylic acid groups (broad SMARTS) is 1. The molecule has 0 radical (unpaired) electrons. The third kappa shape index (κ3) is 2.59. The molecule has 1 fully saturated rings. The topological polar surface area (TPSA) is 55.1 Å². The van der Waals surface area contributed by atoms with Gasteiger partial charge in [-0.1, -0.05) is 31.4 Å². The molecule has 0 spiro atoms. The summed E-state index contributed by atoms with van der Waals surface area (Å²) in [4.78, 5) is 16.1. The monoisotopic (exact) mass is 358 g/mol. The van der Waals surface area contributed by atoms with E-state index in [4.69, 9.17) is 0 Å². The zero-order valence-electron chi connectivity index (χ0n) is 15.2. The van der Waals surface area contributed by atoms with Crippen LogP contribution in [-0.2, 0) is 6.54 Å². The van der Waals surface area contributed by atoms with E-state index in [1.165, 1.54) is 48.7 Å². The number of benzene rings is 1. The second-order valence-electron chi connectivity index (χ2n) is 7.58. The second-order valence-corrected chi connectivity index (χ2v) is 7.58. The molecule has 4 heteroatoms. The van der Waals surface area contributed by atoms with Crippen LogP contribution in [0.5, 0.6) is 0 Å². The normalized spacial score (nSPS) is 16.7. The van der Waals surface area contributed by atoms with Crippen molar-refractivity contribution in [3.8, 4) is 11.3 Å². The minimum Gasteiger partial charge on any atom is -0.478 e. The van der Waals surface area contributed by atoms with Crippen LogP contribution >= 0.6 is 0 Å². The van der Waals surface area contributed by atoms with Gasteiger partial charge in [-0.15, -0.1) is 0 Å². The van der Waals surface area contributed by atoms with Crippen LogP contribution in [0, 0.1) is 0 Å². The molecule has 2 aromatic heterocycles. The molecular formula is C23H22N2O2. The van der Waals surface area contributed by atoms with Crippen LogP contribution in [0.2, 0.25) is 0 Å². The van der Waals surface area contributed by atoms with Crippen molar-refractivity contribution in [1.29, 1.82) is 0 Å². The fourth-order valence-electron chi connectivity index (χ4n) is 4.81. The van der Waals surface area contributed by atoms with Crippen molar-refractivity contribution in [2.45, 2.75) is 44.6 Å². The van der Waals surface area contributed by atoms with Gasteiger partial charge in [0.05, 0.1) is 17.0 Å². The van der Waals surface area contributed by atoms with Crippen LogP contribution in [-0.4, -0.2) is 20.6 Å². The summed E-state index contributed by atoms with van der Waals surface area (Å²) in [7, 11) is 0. The first-order valence-electron chi connectivity index (χ1n) is 9.75. The molecule has 3 aromatic rings. The first kappa shape index (κ1) is 16.3. The minimum atomic E-state index is -0.877. The number of aromatic carboxylic acids is 1. The smallest absolute Gasteiger partial charge is 0.335 e. The summed E-state index contributed by atoms with van der Waals surface area (Å²) in [5.41, 5.74) is 6.13. The van der Waals surface area contributed by atoms with Gasteiger partial charge >= 0.3 is 5.97 Å². The molecule has 0 saturated heterocycles. The standard InChI is InChI=1S/C23H22N2O2/c26-23(27)16-10-11-18-20(14-16)25-13-5-9-19-17(8-4-12-24-19)22(25)21(18)15-6-2-1-3-7-15/h4-5,8-12,14-15H,1-3,6-7,13H2,(H,26,27). The van der Waals surface area contributed by atoms with Crippen molar-refractivity contribution < 1.29 is 9.90 Å². The molecule has 0 amide bonds. The van der Waals surface area contributed by atoms with E-state index in [9.17, 15) is 9.90 Å². The summed E-state index contributed by atoms with van der Waals surface area (Å²) in [6, 6.07) is 9.74. The Kier molecular flexibility index (Phi) is 3.85. The predicted molar refractivity (Wildman–Crippen MR) is 107 cm³/mol. The Morgan fingerprint density at radius 1 is 1.15 bits per heavy atom. The molecule has 1 aliphatic carbocycles. The third-order valence-corrected chi connectivity index (χ3v) is 6.02. The zero-order chi connectivity index (χ0) is 18.4. The van der Waals surface area contributed by atoms with Crippen LogP contribution in [0.25, 0.3) is 28.2 Å². The molecule has 136 valence electrons. The Balaban J connectivity index is 1.85. The van der Waals surface area contributed by atoms with Crippen molar-refractivity contribution in [3.05, 3.63) is 59.4 Å². The van der Waals surface area contributed by atoms with E-state index >= 15 is 0 Å². The van der Waals surface area contributed by atoms with E-state index in [1.807, 2.05) is 24.4 Å². The summed E-state index contributed by atoms with van der Waals surface area (Å²) in [5.74, 6) is -0.350. The van der Waals surface area contributed by atoms with Gasteiger partial charge in [0, 0.05) is 29.2 Å². The minimum absolute atomic E-state index is 0.345. The third-order valence-electron chi connectivity index (χ3n) is 6.02. The lowest BCUT2D eigenvalue weighted by molar-refractivity contribution is 0.0697. The number of carbonyl (C=O) groups is 1. The Morgan fingerprint density at radius 2 is 2.00 bits per heavy atom. The maximum Gasteiger partial charge on any atom is 0.335 e. The van der Waals surface area contributed by atoms with Crippen LogP contribution < -0.4 is 0 Å². The van der Waals surface area contributed by atoms with Crippen molar-refractivity contribution in [3.63, 3.8) is 0 Å². The maximum atomic E-state index is 11.6. The lowest BCUT2D eigenvalue weighted by Gasteiger charge is -2.23. The Labute approximate surface area is 158 Å². The molecule has 1 aliphatic heterocycles. The molecule has 4 nitrogen and oxygen atoms in total. The highest BCUT2D eigenvalue weighted by atomic mass is 16.4. The van der Waals surface area contributed by atoms with E-state index in [0.29, 0.717) is 11.5 Å². The van der Waals surface area contributed by atoms with Crippen LogP contribution in [0.15, 0.2) is 42.6 Å². The zero-order valence-corrected chi connectivity index (χ0v) is 15.2. The highest BCUT2D eigenvalue weighted by Crippen LogP contribution is 2.45. The number of pyridine rings is 1. The maximum absolute atomic E-state index is 11.6. The Bertz CT molecular complexity index is 1070. The molecule has 0 bridgehead atoms. The first-order valence-corrected chi connectivity index (χ1v) is 9.75. The highest BCUT2D eigenvalue weighted by molar-refractivity contribution is 5.99. The number of aromatic nitrogens is 2. The van der Waals surface area contributed by atoms with Gasteiger partial charge in [-0.25, -0.2) is 4.79 Å². The average Bonchev–Trinajstić information content (AvgIpc) is 2.90. The van der Waals surface area contributed by atoms with Crippen LogP contribution in [0.3, 0.4) is 0 Å². The molecule has 0 atom stereocenters. The quantitative estimate of drug-likeness (QED) is 0.660. The van der Waals surface area contributed by atoms with Gasteiger partial charge in [0.1, 0.15) is 0 Å². The van der Waals surface area contributed by atoms with Gasteiger partial charge in [-0.05, 0) is 54.7 Å². The summed E-state index contributed by atoms with van der Waals surface area (Å²) < 4.78 is 2.29. The van der Waals surface area contributed by atoms with E-state index in [0.717, 1.165) is 23.3 Å². The van der Waals surface area contributed by atoms with Crippen molar-refractivity contribution in [2.75, 3.05) is 0 Å². The van der Waals surface area contributed by atoms with Gasteiger partial charge in [-0.2, -0.15) is 0 Å². The first-order chi connectivity index (χ1) is 13.2. The predicted octanol–water partition coefficient (Wildman–Crippen LogP) is 5.48. The van der Waals surface area contributed by atoms with E-state index in [-0.39, 0.29) is 0 Å². The van der Waals surface area contributed by atoms with E-state index in [2.05, 4.69) is 27.8 Å². The second kappa shape index (κ2) is 6.38. The highest BCUT2D eigenvalue weighted by Gasteiger charge is 2.28.